The van der Waals surface area contributed by atoms with Crippen molar-refractivity contribution in [1.29, 1.82) is 0 Å². The van der Waals surface area contributed by atoms with Gasteiger partial charge in [0.15, 0.2) is 5.78 Å². The summed E-state index contributed by atoms with van der Waals surface area (Å²) in [7, 11) is 0. The number of aliphatic hydroxyl groups excluding tert-OH is 1. The molecule has 0 bridgehead atoms. The van der Waals surface area contributed by atoms with Crippen LogP contribution in [0.3, 0.4) is 0 Å². The molecule has 192 valence electrons. The van der Waals surface area contributed by atoms with Crippen molar-refractivity contribution in [3.05, 3.63) is 0 Å². The molecule has 5 heteroatoms. The lowest BCUT2D eigenvalue weighted by Gasteiger charge is -2.72. The average Bonchev–Trinajstić information content (AvgIpc) is 3.19. The van der Waals surface area contributed by atoms with E-state index in [9.17, 15) is 24.6 Å². The summed E-state index contributed by atoms with van der Waals surface area (Å²) in [6.45, 7) is 10.5. The van der Waals surface area contributed by atoms with E-state index in [1.807, 2.05) is 6.92 Å². The molecule has 5 nitrogen and oxygen atoms in total. The highest BCUT2D eigenvalue weighted by atomic mass is 16.4. The van der Waals surface area contributed by atoms with Crippen molar-refractivity contribution in [2.24, 2.45) is 56.7 Å². The summed E-state index contributed by atoms with van der Waals surface area (Å²) in [6, 6.07) is 0. The Labute approximate surface area is 209 Å². The first-order chi connectivity index (χ1) is 16.2. The molecule has 0 radical (unpaired) electrons. The molecule has 0 amide bonds. The van der Waals surface area contributed by atoms with Crippen LogP contribution in [0.1, 0.15) is 92.4 Å². The number of hydrogen-bond acceptors (Lipinski definition) is 4. The van der Waals surface area contributed by atoms with E-state index in [0.29, 0.717) is 25.7 Å². The molecule has 0 aliphatic heterocycles. The number of rotatable bonds is 2. The minimum absolute atomic E-state index is 0.0732. The highest BCUT2D eigenvalue weighted by molar-refractivity contribution is 5.86. The Bertz CT molecular complexity index is 1030. The zero-order valence-corrected chi connectivity index (χ0v) is 22.0. The van der Waals surface area contributed by atoms with Crippen molar-refractivity contribution in [3.8, 4) is 12.3 Å². The highest BCUT2D eigenvalue weighted by Crippen LogP contribution is 2.77. The highest BCUT2D eigenvalue weighted by Gasteiger charge is 2.73. The van der Waals surface area contributed by atoms with Crippen LogP contribution in [0.4, 0.5) is 0 Å². The molecule has 0 heterocycles. The number of ketones is 2. The summed E-state index contributed by atoms with van der Waals surface area (Å²) >= 11 is 0. The molecule has 35 heavy (non-hydrogen) atoms. The third-order valence-electron chi connectivity index (χ3n) is 13.1. The van der Waals surface area contributed by atoms with Crippen LogP contribution in [-0.2, 0) is 14.4 Å². The Morgan fingerprint density at radius 3 is 2.23 bits per heavy atom. The van der Waals surface area contributed by atoms with Crippen LogP contribution in [0.5, 0.6) is 0 Å². The van der Waals surface area contributed by atoms with Crippen LogP contribution >= 0.6 is 0 Å². The van der Waals surface area contributed by atoms with Crippen LogP contribution in [0.25, 0.3) is 0 Å². The van der Waals surface area contributed by atoms with Gasteiger partial charge in [-0.05, 0) is 105 Å². The van der Waals surface area contributed by atoms with E-state index in [0.717, 1.165) is 32.1 Å². The van der Waals surface area contributed by atoms with Gasteiger partial charge < -0.3 is 10.2 Å². The van der Waals surface area contributed by atoms with Crippen LogP contribution in [-0.4, -0.2) is 33.9 Å². The number of Topliss-reactive ketones (excluding diaryl/α,β-unsaturated/α-hetero) is 2. The molecule has 0 aromatic heterocycles. The number of terminal acetylenes is 1. The van der Waals surface area contributed by atoms with Gasteiger partial charge in [0.05, 0.1) is 10.8 Å². The van der Waals surface area contributed by atoms with Crippen LogP contribution in [0.15, 0.2) is 0 Å². The third kappa shape index (κ3) is 2.79. The molecule has 0 aromatic carbocycles. The van der Waals surface area contributed by atoms with E-state index < -0.39 is 22.9 Å². The molecule has 0 spiro atoms. The van der Waals surface area contributed by atoms with Crippen molar-refractivity contribution in [2.75, 3.05) is 0 Å². The number of carbonyl (C=O) groups is 3. The summed E-state index contributed by atoms with van der Waals surface area (Å²) in [5.41, 5.74) is -2.11. The molecule has 5 rings (SSSR count). The first-order valence-corrected chi connectivity index (χ1v) is 13.7. The van der Waals surface area contributed by atoms with Crippen molar-refractivity contribution < 1.29 is 24.6 Å². The van der Waals surface area contributed by atoms with E-state index in [1.165, 1.54) is 0 Å². The second kappa shape index (κ2) is 7.44. The normalized spacial score (nSPS) is 55.1. The van der Waals surface area contributed by atoms with Gasteiger partial charge >= 0.3 is 5.97 Å². The number of aliphatic hydroxyl groups is 1. The molecule has 5 aliphatic carbocycles. The van der Waals surface area contributed by atoms with E-state index in [-0.39, 0.29) is 57.4 Å². The predicted molar refractivity (Wildman–Crippen MR) is 132 cm³/mol. The Kier molecular flexibility index (Phi) is 5.31. The smallest absolute Gasteiger partial charge is 0.309 e. The minimum atomic E-state index is -1.11. The fourth-order valence-electron chi connectivity index (χ4n) is 11.2. The van der Waals surface area contributed by atoms with Gasteiger partial charge in [0.1, 0.15) is 11.9 Å². The van der Waals surface area contributed by atoms with Gasteiger partial charge in [0, 0.05) is 12.3 Å². The van der Waals surface area contributed by atoms with Crippen molar-refractivity contribution in [2.45, 2.75) is 98.5 Å². The maximum Gasteiger partial charge on any atom is 0.309 e. The van der Waals surface area contributed by atoms with Crippen LogP contribution < -0.4 is 0 Å². The van der Waals surface area contributed by atoms with Crippen molar-refractivity contribution in [3.63, 3.8) is 0 Å². The molecular formula is C30H42O5. The van der Waals surface area contributed by atoms with E-state index in [4.69, 9.17) is 6.42 Å². The molecule has 0 aromatic rings. The molecule has 2 N–H and O–H groups in total. The number of aliphatic carboxylic acids is 1. The minimum Gasteiger partial charge on any atom is -0.481 e. The maximum atomic E-state index is 13.1. The zero-order valence-electron chi connectivity index (χ0n) is 22.0. The second-order valence-corrected chi connectivity index (χ2v) is 13.9. The number of carboxylic acid groups (broad SMARTS) is 1. The third-order valence-corrected chi connectivity index (χ3v) is 13.1. The van der Waals surface area contributed by atoms with E-state index in [2.05, 4.69) is 26.7 Å². The molecule has 11 unspecified atom stereocenters. The fourth-order valence-corrected chi connectivity index (χ4v) is 11.2. The van der Waals surface area contributed by atoms with E-state index >= 15 is 0 Å². The summed E-state index contributed by atoms with van der Waals surface area (Å²) in [5.74, 6) is 2.40. The molecule has 5 fully saturated rings. The zero-order chi connectivity index (χ0) is 25.8. The Balaban J connectivity index is 1.59. The monoisotopic (exact) mass is 482 g/mol. The summed E-state index contributed by atoms with van der Waals surface area (Å²) in [6.07, 6.45) is 11.6. The number of fused-ring (bicyclic) bond motifs is 7. The second-order valence-electron chi connectivity index (χ2n) is 13.9. The lowest BCUT2D eigenvalue weighted by Crippen LogP contribution is -2.68. The van der Waals surface area contributed by atoms with Crippen LogP contribution in [0.2, 0.25) is 0 Å². The molecule has 0 saturated heterocycles. The quantitative estimate of drug-likeness (QED) is 0.547. The van der Waals surface area contributed by atoms with Gasteiger partial charge in [0.2, 0.25) is 0 Å². The van der Waals surface area contributed by atoms with Gasteiger partial charge in [-0.1, -0.05) is 26.7 Å². The fraction of sp³-hybridized carbons (Fsp3) is 0.833. The summed E-state index contributed by atoms with van der Waals surface area (Å²) in [4.78, 5) is 38.5. The van der Waals surface area contributed by atoms with E-state index in [1.54, 1.807) is 6.92 Å². The van der Waals surface area contributed by atoms with Crippen molar-refractivity contribution in [1.82, 2.24) is 0 Å². The molecule has 5 saturated carbocycles. The first-order valence-electron chi connectivity index (χ1n) is 13.7. The van der Waals surface area contributed by atoms with Gasteiger partial charge in [-0.3, -0.25) is 14.4 Å². The lowest BCUT2D eigenvalue weighted by molar-refractivity contribution is -0.240. The largest absolute Gasteiger partial charge is 0.481 e. The van der Waals surface area contributed by atoms with Gasteiger partial charge in [-0.2, -0.15) is 0 Å². The SMILES string of the molecule is C#CC1(C)C(O)C(=O)CC2(C)C1CCC1(C)C2CCC2C3C(C(C)=O)CCC3(C(=O)O)CCC21C. The number of carbonyl (C=O) groups excluding carboxylic acids is 2. The van der Waals surface area contributed by atoms with Gasteiger partial charge in [-0.25, -0.2) is 0 Å². The Morgan fingerprint density at radius 2 is 1.63 bits per heavy atom. The summed E-state index contributed by atoms with van der Waals surface area (Å²) < 4.78 is 0. The Hall–Kier alpha value is -1.67. The number of carboxylic acids is 1. The standard InChI is InChI=1S/C30H42O5/c1-7-26(3)21-11-12-29(6)22(27(21,4)16-20(32)24(26)33)9-8-19-23-18(17(2)31)10-13-30(23,25(34)35)15-14-28(19,29)5/h1,18-19,21-24,33H,8-16H2,2-6H3,(H,34,35). The predicted octanol–water partition coefficient (Wildman–Crippen LogP) is 4.89. The first kappa shape index (κ1) is 25.0. The molecular weight excluding hydrogens is 440 g/mol. The Morgan fingerprint density at radius 1 is 0.943 bits per heavy atom. The molecule has 11 atom stereocenters. The van der Waals surface area contributed by atoms with Gasteiger partial charge in [-0.15, -0.1) is 6.42 Å². The van der Waals surface area contributed by atoms with Crippen LogP contribution in [0, 0.1) is 69.0 Å². The van der Waals surface area contributed by atoms with Gasteiger partial charge in [0.25, 0.3) is 0 Å². The lowest BCUT2D eigenvalue weighted by atomic mass is 9.32. The summed E-state index contributed by atoms with van der Waals surface area (Å²) in [5, 5.41) is 21.2. The topological polar surface area (TPSA) is 91.7 Å². The maximum absolute atomic E-state index is 13.1. The average molecular weight is 483 g/mol. The molecule has 5 aliphatic rings. The van der Waals surface area contributed by atoms with Crippen molar-refractivity contribution >= 4 is 17.5 Å². The number of hydrogen-bond donors (Lipinski definition) is 2.